The van der Waals surface area contributed by atoms with Crippen LogP contribution in [0.1, 0.15) is 18.1 Å². The molecule has 0 amide bonds. The Hall–Kier alpha value is -2.54. The number of benzene rings is 4. The summed E-state index contributed by atoms with van der Waals surface area (Å²) >= 11 is 3.58. The van der Waals surface area contributed by atoms with Gasteiger partial charge in [0.25, 0.3) is 0 Å². The summed E-state index contributed by atoms with van der Waals surface area (Å²) in [4.78, 5) is 14.2. The van der Waals surface area contributed by atoms with Gasteiger partial charge in [-0.2, -0.15) is 0 Å². The van der Waals surface area contributed by atoms with Gasteiger partial charge in [0.1, 0.15) is 0 Å². The first kappa shape index (κ1) is 20.7. The fourth-order valence-corrected chi connectivity index (χ4v) is 13.9. The number of carbonyl (C=O) groups excluding carboxylic acids is 1. The zero-order valence-electron chi connectivity index (χ0n) is 16.9. The third kappa shape index (κ3) is 2.82. The summed E-state index contributed by atoms with van der Waals surface area (Å²) in [7, 11) is 0. The second kappa shape index (κ2) is 8.30. The van der Waals surface area contributed by atoms with E-state index < -0.39 is 6.60 Å². The van der Waals surface area contributed by atoms with Gasteiger partial charge in [-0.1, -0.05) is 0 Å². The summed E-state index contributed by atoms with van der Waals surface area (Å²) in [6, 6.07) is 41.4. The molecule has 0 saturated heterocycles. The molecule has 150 valence electrons. The van der Waals surface area contributed by atoms with E-state index in [0.717, 1.165) is 21.5 Å². The third-order valence-electron chi connectivity index (χ3n) is 6.30. The molecule has 4 rings (SSSR count). The first-order valence-corrected chi connectivity index (χ1v) is 13.2. The van der Waals surface area contributed by atoms with Crippen molar-refractivity contribution in [2.75, 3.05) is 0 Å². The SMILES string of the molecule is CC(c1ccccc1)P(C(=O)Br)(c1ccccc1)(c1ccccc1)c1ccccc1. The van der Waals surface area contributed by atoms with Gasteiger partial charge in [0, 0.05) is 0 Å². The molecule has 30 heavy (non-hydrogen) atoms. The van der Waals surface area contributed by atoms with Gasteiger partial charge in [-0.05, 0) is 0 Å². The fraction of sp³-hybridized carbons (Fsp3) is 0.0741. The minimum absolute atomic E-state index is 0.0495. The van der Waals surface area contributed by atoms with Crippen LogP contribution in [0.5, 0.6) is 0 Å². The summed E-state index contributed by atoms with van der Waals surface area (Å²) in [5, 5.41) is 3.21. The van der Waals surface area contributed by atoms with Crippen LogP contribution in [0, 0.1) is 0 Å². The van der Waals surface area contributed by atoms with Crippen LogP contribution in [0.4, 0.5) is 4.79 Å². The Labute approximate surface area is 186 Å². The number of hydrogen-bond donors (Lipinski definition) is 0. The van der Waals surface area contributed by atoms with Crippen LogP contribution in [-0.4, -0.2) is 4.43 Å². The minimum atomic E-state index is -3.64. The molecule has 1 nitrogen and oxygen atoms in total. The Balaban J connectivity index is 2.28. The first-order chi connectivity index (χ1) is 14.6. The van der Waals surface area contributed by atoms with Crippen molar-refractivity contribution in [2.24, 2.45) is 0 Å². The van der Waals surface area contributed by atoms with E-state index in [1.165, 1.54) is 0 Å². The van der Waals surface area contributed by atoms with Crippen molar-refractivity contribution in [3.63, 3.8) is 0 Å². The van der Waals surface area contributed by atoms with E-state index in [1.54, 1.807) is 0 Å². The summed E-state index contributed by atoms with van der Waals surface area (Å²) < 4.78 is 0.0495. The summed E-state index contributed by atoms with van der Waals surface area (Å²) in [6.07, 6.45) is 0. The number of hydrogen-bond acceptors (Lipinski definition) is 1. The van der Waals surface area contributed by atoms with Crippen molar-refractivity contribution in [3.05, 3.63) is 127 Å². The molecule has 0 aliphatic heterocycles. The summed E-state index contributed by atoms with van der Waals surface area (Å²) in [5.74, 6) is 0. The molecule has 0 radical (unpaired) electrons. The Kier molecular flexibility index (Phi) is 5.73. The van der Waals surface area contributed by atoms with E-state index in [2.05, 4.69) is 83.5 Å². The predicted octanol–water partition coefficient (Wildman–Crippen LogP) is 6.79. The average molecular weight is 475 g/mol. The summed E-state index contributed by atoms with van der Waals surface area (Å²) in [5.41, 5.74) is 1.09. The van der Waals surface area contributed by atoms with Crippen LogP contribution >= 0.6 is 22.5 Å². The predicted molar refractivity (Wildman–Crippen MR) is 134 cm³/mol. The van der Waals surface area contributed by atoms with Crippen molar-refractivity contribution in [1.82, 2.24) is 0 Å². The van der Waals surface area contributed by atoms with Gasteiger partial charge in [-0.25, -0.2) is 0 Å². The van der Waals surface area contributed by atoms with E-state index in [1.807, 2.05) is 60.7 Å². The zero-order valence-corrected chi connectivity index (χ0v) is 19.3. The Morgan fingerprint density at radius 2 is 0.900 bits per heavy atom. The molecule has 4 aromatic rings. The molecular weight excluding hydrogens is 451 g/mol. The van der Waals surface area contributed by atoms with Crippen LogP contribution in [0.25, 0.3) is 0 Å². The van der Waals surface area contributed by atoms with Crippen LogP contribution in [0.2, 0.25) is 0 Å². The molecule has 0 saturated carbocycles. The topological polar surface area (TPSA) is 17.1 Å². The molecule has 1 unspecified atom stereocenters. The van der Waals surface area contributed by atoms with E-state index in [0.29, 0.717) is 0 Å². The number of halogens is 1. The van der Waals surface area contributed by atoms with Crippen LogP contribution in [0.3, 0.4) is 0 Å². The molecule has 0 heterocycles. The van der Waals surface area contributed by atoms with E-state index in [9.17, 15) is 4.79 Å². The Morgan fingerprint density at radius 1 is 0.600 bits per heavy atom. The van der Waals surface area contributed by atoms with Gasteiger partial charge >= 0.3 is 187 Å². The van der Waals surface area contributed by atoms with Crippen LogP contribution in [0.15, 0.2) is 121 Å². The maximum absolute atomic E-state index is 14.2. The first-order valence-electron chi connectivity index (χ1n) is 10.1. The zero-order chi connectivity index (χ0) is 21.1. The van der Waals surface area contributed by atoms with Crippen molar-refractivity contribution in [2.45, 2.75) is 12.6 Å². The van der Waals surface area contributed by atoms with Gasteiger partial charge in [0.2, 0.25) is 0 Å². The van der Waals surface area contributed by atoms with Gasteiger partial charge < -0.3 is 0 Å². The molecule has 3 heteroatoms. The normalized spacial score (nSPS) is 13.7. The molecule has 0 aliphatic rings. The van der Waals surface area contributed by atoms with Gasteiger partial charge in [-0.3, -0.25) is 0 Å². The molecule has 0 spiro atoms. The molecule has 0 aromatic heterocycles. The average Bonchev–Trinajstić information content (AvgIpc) is 2.82. The molecule has 0 aliphatic carbocycles. The van der Waals surface area contributed by atoms with Crippen molar-refractivity contribution < 1.29 is 4.79 Å². The Morgan fingerprint density at radius 3 is 1.20 bits per heavy atom. The fourth-order valence-electron chi connectivity index (χ4n) is 4.82. The van der Waals surface area contributed by atoms with Gasteiger partial charge in [0.15, 0.2) is 0 Å². The van der Waals surface area contributed by atoms with E-state index in [4.69, 9.17) is 0 Å². The standard InChI is InChI=1S/C27H24BrOP/c1-22(23-14-6-2-7-15-23)30(27(28)29,24-16-8-3-9-17-24,25-18-10-4-11-19-25)26-20-12-5-13-21-26/h2-22H,1H3. The number of carbonyl (C=O) groups is 1. The van der Waals surface area contributed by atoms with Crippen molar-refractivity contribution >= 4 is 42.9 Å². The molecule has 0 N–H and O–H groups in total. The van der Waals surface area contributed by atoms with Gasteiger partial charge in [-0.15, -0.1) is 0 Å². The third-order valence-corrected chi connectivity index (χ3v) is 15.2. The van der Waals surface area contributed by atoms with Crippen LogP contribution < -0.4 is 15.9 Å². The van der Waals surface area contributed by atoms with E-state index >= 15 is 0 Å². The van der Waals surface area contributed by atoms with Gasteiger partial charge in [0.05, 0.1) is 0 Å². The Bertz CT molecular complexity index is 1030. The van der Waals surface area contributed by atoms with Crippen molar-refractivity contribution in [3.8, 4) is 0 Å². The molecule has 4 aromatic carbocycles. The monoisotopic (exact) mass is 474 g/mol. The molecule has 1 atom stereocenters. The quantitative estimate of drug-likeness (QED) is 0.222. The second-order valence-electron chi connectivity index (χ2n) is 7.53. The summed E-state index contributed by atoms with van der Waals surface area (Å²) in [6.45, 7) is -1.44. The molecule has 0 bridgehead atoms. The van der Waals surface area contributed by atoms with Crippen molar-refractivity contribution in [1.29, 1.82) is 0 Å². The molecular formula is C27H24BrOP. The maximum atomic E-state index is 14.2. The number of rotatable bonds is 6. The van der Waals surface area contributed by atoms with E-state index in [-0.39, 0.29) is 10.1 Å². The molecule has 0 fully saturated rings. The second-order valence-corrected chi connectivity index (χ2v) is 14.0. The van der Waals surface area contributed by atoms with Crippen LogP contribution in [-0.2, 0) is 0 Å².